The molecule has 1 heterocycles. The molecule has 1 aromatic rings. The molecule has 1 aromatic carbocycles. The first-order valence-corrected chi connectivity index (χ1v) is 11.1. The van der Waals surface area contributed by atoms with Crippen LogP contribution in [0.4, 0.5) is 5.69 Å². The van der Waals surface area contributed by atoms with Gasteiger partial charge in [-0.25, -0.2) is 0 Å². The minimum atomic E-state index is -1.74. The molecule has 2 amide bonds. The SMILES string of the molecule is CCCN1C(=O)C(NC(=O)[C@H](OC)[C@H](O)[C@@H](O)[C@H](O)C=CC(C)(C)C)COc2ccccc21. The van der Waals surface area contributed by atoms with Gasteiger partial charge >= 0.3 is 0 Å². The van der Waals surface area contributed by atoms with Gasteiger partial charge < -0.3 is 35.0 Å². The predicted octanol–water partition coefficient (Wildman–Crippen LogP) is 1.01. The maximum atomic E-state index is 13.2. The quantitative estimate of drug-likeness (QED) is 0.402. The van der Waals surface area contributed by atoms with E-state index in [1.54, 1.807) is 35.2 Å². The molecule has 0 bridgehead atoms. The summed E-state index contributed by atoms with van der Waals surface area (Å²) in [6.45, 7) is 8.01. The predicted molar refractivity (Wildman–Crippen MR) is 124 cm³/mol. The zero-order valence-electron chi connectivity index (χ0n) is 19.9. The van der Waals surface area contributed by atoms with Gasteiger partial charge in [0.1, 0.15) is 36.7 Å². The lowest BCUT2D eigenvalue weighted by molar-refractivity contribution is -0.150. The van der Waals surface area contributed by atoms with E-state index in [0.717, 1.165) is 0 Å². The number of benzene rings is 1. The van der Waals surface area contributed by atoms with Gasteiger partial charge in [0.2, 0.25) is 0 Å². The van der Waals surface area contributed by atoms with Crippen LogP contribution < -0.4 is 15.0 Å². The molecule has 0 saturated carbocycles. The minimum absolute atomic E-state index is 0.103. The molecular formula is C24H36N2O7. The fraction of sp³-hybridized carbons (Fsp3) is 0.583. The molecule has 0 saturated heterocycles. The van der Waals surface area contributed by atoms with E-state index in [-0.39, 0.29) is 17.9 Å². The summed E-state index contributed by atoms with van der Waals surface area (Å²) in [5.41, 5.74) is 0.375. The van der Waals surface area contributed by atoms with Crippen LogP contribution in [0.1, 0.15) is 34.1 Å². The number of aliphatic hydroxyl groups excluding tert-OH is 3. The zero-order valence-corrected chi connectivity index (χ0v) is 19.9. The molecule has 184 valence electrons. The maximum absolute atomic E-state index is 13.2. The molecule has 1 aliphatic heterocycles. The van der Waals surface area contributed by atoms with Crippen molar-refractivity contribution in [1.82, 2.24) is 5.32 Å². The molecule has 0 fully saturated rings. The van der Waals surface area contributed by atoms with E-state index in [1.807, 2.05) is 27.7 Å². The molecule has 4 N–H and O–H groups in total. The van der Waals surface area contributed by atoms with Crippen LogP contribution in [0.3, 0.4) is 0 Å². The average molecular weight is 465 g/mol. The topological polar surface area (TPSA) is 129 Å². The first kappa shape index (κ1) is 26.8. The van der Waals surface area contributed by atoms with Gasteiger partial charge in [0.25, 0.3) is 11.8 Å². The van der Waals surface area contributed by atoms with Crippen molar-refractivity contribution in [2.45, 2.75) is 64.6 Å². The van der Waals surface area contributed by atoms with Gasteiger partial charge in [-0.15, -0.1) is 0 Å². The smallest absolute Gasteiger partial charge is 0.253 e. The normalized spacial score (nSPS) is 20.4. The molecule has 9 nitrogen and oxygen atoms in total. The van der Waals surface area contributed by atoms with E-state index in [0.29, 0.717) is 24.4 Å². The lowest BCUT2D eigenvalue weighted by Crippen LogP contribution is -2.57. The Labute approximate surface area is 195 Å². The van der Waals surface area contributed by atoms with Crippen molar-refractivity contribution >= 4 is 17.5 Å². The number of amides is 2. The number of aliphatic hydroxyl groups is 3. The van der Waals surface area contributed by atoms with Gasteiger partial charge in [0.05, 0.1) is 5.69 Å². The zero-order chi connectivity index (χ0) is 24.8. The lowest BCUT2D eigenvalue weighted by Gasteiger charge is -2.29. The van der Waals surface area contributed by atoms with Crippen LogP contribution in [-0.4, -0.2) is 77.9 Å². The highest BCUT2D eigenvalue weighted by Gasteiger charge is 2.38. The van der Waals surface area contributed by atoms with Crippen LogP contribution in [0.25, 0.3) is 0 Å². The van der Waals surface area contributed by atoms with E-state index < -0.39 is 36.4 Å². The monoisotopic (exact) mass is 464 g/mol. The number of anilines is 1. The van der Waals surface area contributed by atoms with Gasteiger partial charge in [-0.3, -0.25) is 9.59 Å². The molecule has 33 heavy (non-hydrogen) atoms. The van der Waals surface area contributed by atoms with Gasteiger partial charge in [-0.2, -0.15) is 0 Å². The Balaban J connectivity index is 2.14. The Morgan fingerprint density at radius 3 is 2.55 bits per heavy atom. The molecule has 0 spiro atoms. The largest absolute Gasteiger partial charge is 0.489 e. The summed E-state index contributed by atoms with van der Waals surface area (Å²) in [5.74, 6) is -0.628. The summed E-state index contributed by atoms with van der Waals surface area (Å²) < 4.78 is 10.9. The number of allylic oxidation sites excluding steroid dienone is 1. The van der Waals surface area contributed by atoms with E-state index in [4.69, 9.17) is 9.47 Å². The highest BCUT2D eigenvalue weighted by Crippen LogP contribution is 2.31. The second-order valence-corrected chi connectivity index (χ2v) is 9.18. The minimum Gasteiger partial charge on any atom is -0.489 e. The number of methoxy groups -OCH3 is 1. The van der Waals surface area contributed by atoms with Crippen LogP contribution in [0, 0.1) is 5.41 Å². The highest BCUT2D eigenvalue weighted by molar-refractivity contribution is 6.01. The van der Waals surface area contributed by atoms with Gasteiger partial charge in [-0.05, 0) is 24.0 Å². The van der Waals surface area contributed by atoms with Crippen molar-refractivity contribution in [3.63, 3.8) is 0 Å². The van der Waals surface area contributed by atoms with Crippen molar-refractivity contribution in [3.8, 4) is 5.75 Å². The maximum Gasteiger partial charge on any atom is 0.253 e. The third-order valence-corrected chi connectivity index (χ3v) is 5.21. The third-order valence-electron chi connectivity index (χ3n) is 5.21. The Hall–Kier alpha value is -2.46. The summed E-state index contributed by atoms with van der Waals surface area (Å²) >= 11 is 0. The number of nitrogens with one attached hydrogen (secondary N) is 1. The van der Waals surface area contributed by atoms with E-state index in [9.17, 15) is 24.9 Å². The van der Waals surface area contributed by atoms with Crippen LogP contribution in [0.2, 0.25) is 0 Å². The fourth-order valence-electron chi connectivity index (χ4n) is 3.45. The summed E-state index contributed by atoms with van der Waals surface area (Å²) in [6, 6.07) is 6.10. The number of para-hydroxylation sites is 2. The number of rotatable bonds is 9. The Kier molecular flexibility index (Phi) is 9.42. The molecule has 1 aliphatic rings. The molecule has 0 aliphatic carbocycles. The van der Waals surface area contributed by atoms with Crippen LogP contribution in [-0.2, 0) is 14.3 Å². The van der Waals surface area contributed by atoms with Crippen molar-refractivity contribution in [1.29, 1.82) is 0 Å². The van der Waals surface area contributed by atoms with Gasteiger partial charge in [0, 0.05) is 13.7 Å². The number of carbonyl (C=O) groups is 2. The number of nitrogens with zero attached hydrogens (tertiary/aromatic N) is 1. The van der Waals surface area contributed by atoms with Crippen molar-refractivity contribution < 1.29 is 34.4 Å². The van der Waals surface area contributed by atoms with Crippen LogP contribution in [0.5, 0.6) is 5.75 Å². The molecule has 0 aromatic heterocycles. The Morgan fingerprint density at radius 2 is 1.94 bits per heavy atom. The molecule has 1 unspecified atom stereocenters. The highest BCUT2D eigenvalue weighted by atomic mass is 16.5. The average Bonchev–Trinajstić information content (AvgIpc) is 2.89. The third kappa shape index (κ3) is 7.01. The summed E-state index contributed by atoms with van der Waals surface area (Å²) in [7, 11) is 1.20. The Bertz CT molecular complexity index is 836. The number of fused-ring (bicyclic) bond motifs is 1. The van der Waals surface area contributed by atoms with Crippen molar-refractivity contribution in [2.24, 2.45) is 5.41 Å². The number of ether oxygens (including phenoxy) is 2. The van der Waals surface area contributed by atoms with E-state index in [1.165, 1.54) is 13.2 Å². The standard InChI is InChI=1S/C24H36N2O7/c1-6-13-26-16-9-7-8-10-18(16)33-14-15(23(26)31)25-22(30)21(32-5)20(29)19(28)17(27)11-12-24(2,3)4/h7-12,15,17,19-21,27-29H,6,13-14H2,1-5H3,(H,25,30)/t15?,17-,19+,20-,21-/m1/s1. The fourth-order valence-corrected chi connectivity index (χ4v) is 3.45. The molecule has 9 heteroatoms. The molecule has 5 atom stereocenters. The summed E-state index contributed by atoms with van der Waals surface area (Å²) in [6.07, 6.45) is -2.59. The lowest BCUT2D eigenvalue weighted by atomic mass is 9.94. The first-order chi connectivity index (χ1) is 15.5. The summed E-state index contributed by atoms with van der Waals surface area (Å²) in [4.78, 5) is 27.6. The molecule has 2 rings (SSSR count). The molecule has 0 radical (unpaired) electrons. The van der Waals surface area contributed by atoms with E-state index >= 15 is 0 Å². The van der Waals surface area contributed by atoms with Crippen LogP contribution >= 0.6 is 0 Å². The van der Waals surface area contributed by atoms with Crippen molar-refractivity contribution in [3.05, 3.63) is 36.4 Å². The van der Waals surface area contributed by atoms with Gasteiger partial charge in [-0.1, -0.05) is 52.0 Å². The second-order valence-electron chi connectivity index (χ2n) is 9.18. The first-order valence-electron chi connectivity index (χ1n) is 11.1. The number of carbonyl (C=O) groups excluding carboxylic acids is 2. The Morgan fingerprint density at radius 1 is 1.27 bits per heavy atom. The number of hydrogen-bond donors (Lipinski definition) is 4. The van der Waals surface area contributed by atoms with E-state index in [2.05, 4.69) is 5.32 Å². The van der Waals surface area contributed by atoms with Gasteiger partial charge in [0.15, 0.2) is 6.10 Å². The summed E-state index contributed by atoms with van der Waals surface area (Å²) in [5, 5.41) is 33.6. The van der Waals surface area contributed by atoms with Crippen LogP contribution in [0.15, 0.2) is 36.4 Å². The second kappa shape index (κ2) is 11.6. The number of hydrogen-bond acceptors (Lipinski definition) is 7. The molecular weight excluding hydrogens is 428 g/mol. The van der Waals surface area contributed by atoms with Crippen molar-refractivity contribution in [2.75, 3.05) is 25.2 Å².